The summed E-state index contributed by atoms with van der Waals surface area (Å²) in [6.45, 7) is 5.86. The quantitative estimate of drug-likeness (QED) is 0.841. The van der Waals surface area contributed by atoms with Gasteiger partial charge >= 0.3 is 12.1 Å². The number of rotatable bonds is 4. The highest BCUT2D eigenvalue weighted by atomic mass is 19.4. The van der Waals surface area contributed by atoms with Crippen molar-refractivity contribution in [1.82, 2.24) is 5.32 Å². The van der Waals surface area contributed by atoms with Gasteiger partial charge in [0.1, 0.15) is 0 Å². The molecule has 0 fully saturated rings. The molecule has 116 valence electrons. The number of Topliss-reactive ketones (excluding diaryl/α,β-unsaturated/α-hetero) is 1. The Hall–Kier alpha value is -1.89. The molecule has 1 aromatic carbocycles. The number of halogens is 3. The van der Waals surface area contributed by atoms with Crippen LogP contribution in [0.4, 0.5) is 18.9 Å². The molecule has 0 spiro atoms. The van der Waals surface area contributed by atoms with Crippen molar-refractivity contribution >= 4 is 17.4 Å². The third kappa shape index (κ3) is 5.95. The molecule has 0 saturated carbocycles. The summed E-state index contributed by atoms with van der Waals surface area (Å²) in [5.74, 6) is -2.23. The summed E-state index contributed by atoms with van der Waals surface area (Å²) < 4.78 is 36.2. The molecule has 7 heteroatoms. The molecule has 1 amide bonds. The van der Waals surface area contributed by atoms with E-state index in [1.165, 1.54) is 24.3 Å². The van der Waals surface area contributed by atoms with Gasteiger partial charge in [0.2, 0.25) is 0 Å². The summed E-state index contributed by atoms with van der Waals surface area (Å²) in [5, 5.41) is 4.73. The molecule has 0 aromatic heterocycles. The van der Waals surface area contributed by atoms with Crippen LogP contribution in [0.3, 0.4) is 0 Å². The number of carbonyl (C=O) groups excluding carboxylic acids is 2. The second kappa shape index (κ2) is 6.26. The first-order valence-corrected chi connectivity index (χ1v) is 6.25. The number of carbonyl (C=O) groups is 2. The van der Waals surface area contributed by atoms with E-state index in [-0.39, 0.29) is 23.6 Å². The minimum atomic E-state index is -4.94. The zero-order valence-corrected chi connectivity index (χ0v) is 12.0. The smallest absolute Gasteiger partial charge is 0.318 e. The topological polar surface area (TPSA) is 58.2 Å². The molecule has 1 rings (SSSR count). The normalized spacial score (nSPS) is 12.1. The van der Waals surface area contributed by atoms with Gasteiger partial charge in [-0.25, -0.2) is 0 Å². The van der Waals surface area contributed by atoms with E-state index in [1.54, 1.807) is 5.32 Å². The molecule has 1 aromatic rings. The van der Waals surface area contributed by atoms with Gasteiger partial charge < -0.3 is 10.6 Å². The fourth-order valence-corrected chi connectivity index (χ4v) is 1.39. The third-order valence-corrected chi connectivity index (χ3v) is 2.50. The number of ketones is 1. The molecule has 4 nitrogen and oxygen atoms in total. The van der Waals surface area contributed by atoms with E-state index in [1.807, 2.05) is 20.8 Å². The number of alkyl halides is 3. The standard InChI is InChI=1S/C14H17F3N2O2/c1-13(2,3)18-8-11(20)9-4-6-10(7-5-9)19-12(21)14(15,16)17/h4-7,18H,8H2,1-3H3,(H,19,21). The average molecular weight is 302 g/mol. The van der Waals surface area contributed by atoms with Gasteiger partial charge in [0.15, 0.2) is 5.78 Å². The molecule has 21 heavy (non-hydrogen) atoms. The molecule has 0 heterocycles. The lowest BCUT2D eigenvalue weighted by Gasteiger charge is -2.19. The fraction of sp³-hybridized carbons (Fsp3) is 0.429. The number of hydrogen-bond acceptors (Lipinski definition) is 3. The van der Waals surface area contributed by atoms with Crippen LogP contribution in [-0.4, -0.2) is 30.0 Å². The van der Waals surface area contributed by atoms with Crippen LogP contribution < -0.4 is 10.6 Å². The van der Waals surface area contributed by atoms with Gasteiger partial charge in [0.05, 0.1) is 6.54 Å². The van der Waals surface area contributed by atoms with E-state index in [4.69, 9.17) is 0 Å². The molecule has 2 N–H and O–H groups in total. The van der Waals surface area contributed by atoms with E-state index in [9.17, 15) is 22.8 Å². The predicted octanol–water partition coefficient (Wildman–Crippen LogP) is 2.76. The Morgan fingerprint density at radius 2 is 1.57 bits per heavy atom. The zero-order valence-electron chi connectivity index (χ0n) is 12.0. The van der Waals surface area contributed by atoms with Crippen LogP contribution in [0.15, 0.2) is 24.3 Å². The minimum absolute atomic E-state index is 0.0161. The summed E-state index contributed by atoms with van der Waals surface area (Å²) in [6.07, 6.45) is -4.94. The highest BCUT2D eigenvalue weighted by molar-refractivity contribution is 5.99. The Bertz CT molecular complexity index is 517. The summed E-state index contributed by atoms with van der Waals surface area (Å²) in [4.78, 5) is 22.6. The molecule has 0 saturated heterocycles. The fourth-order valence-electron chi connectivity index (χ4n) is 1.39. The lowest BCUT2D eigenvalue weighted by atomic mass is 10.1. The SMILES string of the molecule is CC(C)(C)NCC(=O)c1ccc(NC(=O)C(F)(F)F)cc1. The second-order valence-corrected chi connectivity index (χ2v) is 5.56. The monoisotopic (exact) mass is 302 g/mol. The zero-order chi connectivity index (χ0) is 16.3. The molecular weight excluding hydrogens is 285 g/mol. The van der Waals surface area contributed by atoms with Gasteiger partial charge in [-0.2, -0.15) is 13.2 Å². The summed E-state index contributed by atoms with van der Waals surface area (Å²) in [7, 11) is 0. The van der Waals surface area contributed by atoms with E-state index >= 15 is 0 Å². The number of anilines is 1. The molecule has 0 unspecified atom stereocenters. The molecule has 0 aliphatic heterocycles. The van der Waals surface area contributed by atoms with E-state index in [0.717, 1.165) is 0 Å². The van der Waals surface area contributed by atoms with Crippen LogP contribution in [0.2, 0.25) is 0 Å². The Morgan fingerprint density at radius 1 is 1.05 bits per heavy atom. The number of benzene rings is 1. The number of nitrogens with one attached hydrogen (secondary N) is 2. The van der Waals surface area contributed by atoms with Crippen LogP contribution in [0.25, 0.3) is 0 Å². The van der Waals surface area contributed by atoms with Gasteiger partial charge in [-0.3, -0.25) is 9.59 Å². The highest BCUT2D eigenvalue weighted by Crippen LogP contribution is 2.18. The average Bonchev–Trinajstić information content (AvgIpc) is 2.35. The molecule has 0 bridgehead atoms. The molecule has 0 aliphatic carbocycles. The maximum Gasteiger partial charge on any atom is 0.471 e. The van der Waals surface area contributed by atoms with Gasteiger partial charge in [0.25, 0.3) is 0 Å². The maximum absolute atomic E-state index is 12.1. The van der Waals surface area contributed by atoms with E-state index < -0.39 is 12.1 Å². The van der Waals surface area contributed by atoms with Crippen molar-refractivity contribution in [1.29, 1.82) is 0 Å². The van der Waals surface area contributed by atoms with Crippen LogP contribution in [0, 0.1) is 0 Å². The van der Waals surface area contributed by atoms with Crippen LogP contribution in [-0.2, 0) is 4.79 Å². The number of hydrogen-bond donors (Lipinski definition) is 2. The van der Waals surface area contributed by atoms with Crippen LogP contribution in [0.1, 0.15) is 31.1 Å². The van der Waals surface area contributed by atoms with Crippen molar-refractivity contribution in [2.24, 2.45) is 0 Å². The largest absolute Gasteiger partial charge is 0.471 e. The van der Waals surface area contributed by atoms with Gasteiger partial charge in [-0.15, -0.1) is 0 Å². The first-order valence-electron chi connectivity index (χ1n) is 6.25. The Morgan fingerprint density at radius 3 is 2.00 bits per heavy atom. The van der Waals surface area contributed by atoms with E-state index in [0.29, 0.717) is 5.56 Å². The van der Waals surface area contributed by atoms with Gasteiger partial charge in [-0.1, -0.05) is 0 Å². The number of amides is 1. The van der Waals surface area contributed by atoms with Gasteiger partial charge in [-0.05, 0) is 45.0 Å². The first-order chi connectivity index (χ1) is 9.49. The second-order valence-electron chi connectivity index (χ2n) is 5.56. The van der Waals surface area contributed by atoms with Crippen molar-refractivity contribution in [3.8, 4) is 0 Å². The lowest BCUT2D eigenvalue weighted by Crippen LogP contribution is -2.39. The molecular formula is C14H17F3N2O2. The molecule has 0 radical (unpaired) electrons. The van der Waals surface area contributed by atoms with Crippen molar-refractivity contribution in [3.63, 3.8) is 0 Å². The Balaban J connectivity index is 2.66. The summed E-state index contributed by atoms with van der Waals surface area (Å²) in [5.41, 5.74) is 0.130. The van der Waals surface area contributed by atoms with Crippen molar-refractivity contribution in [2.75, 3.05) is 11.9 Å². The minimum Gasteiger partial charge on any atom is -0.318 e. The first kappa shape index (κ1) is 17.2. The Kier molecular flexibility index (Phi) is 5.11. The lowest BCUT2D eigenvalue weighted by molar-refractivity contribution is -0.167. The third-order valence-electron chi connectivity index (χ3n) is 2.50. The van der Waals surface area contributed by atoms with Gasteiger partial charge in [0, 0.05) is 16.8 Å². The van der Waals surface area contributed by atoms with Crippen LogP contribution >= 0.6 is 0 Å². The van der Waals surface area contributed by atoms with E-state index in [2.05, 4.69) is 5.32 Å². The summed E-state index contributed by atoms with van der Waals surface area (Å²) >= 11 is 0. The highest BCUT2D eigenvalue weighted by Gasteiger charge is 2.38. The van der Waals surface area contributed by atoms with Crippen molar-refractivity contribution < 1.29 is 22.8 Å². The van der Waals surface area contributed by atoms with Crippen molar-refractivity contribution in [3.05, 3.63) is 29.8 Å². The Labute approximate surface area is 120 Å². The van der Waals surface area contributed by atoms with Crippen molar-refractivity contribution in [2.45, 2.75) is 32.5 Å². The predicted molar refractivity (Wildman–Crippen MR) is 73.2 cm³/mol. The van der Waals surface area contributed by atoms with Crippen LogP contribution in [0.5, 0.6) is 0 Å². The summed E-state index contributed by atoms with van der Waals surface area (Å²) in [6, 6.07) is 5.26. The molecule has 0 atom stereocenters. The maximum atomic E-state index is 12.1. The molecule has 0 aliphatic rings.